The van der Waals surface area contributed by atoms with Crippen LogP contribution in [0.3, 0.4) is 0 Å². The number of hydrogen-bond acceptors (Lipinski definition) is 2. The van der Waals surface area contributed by atoms with E-state index in [1.807, 2.05) is 11.8 Å². The lowest BCUT2D eigenvalue weighted by molar-refractivity contribution is -0.00000295. The Hall–Kier alpha value is 0.950. The number of rotatable bonds is 2. The number of halogens is 1. The van der Waals surface area contributed by atoms with Crippen molar-refractivity contribution in [2.75, 3.05) is 35.4 Å². The molecule has 1 aliphatic rings. The first-order valence-electron chi connectivity index (χ1n) is 3.26. The molecule has 0 spiro atoms. The molecule has 62 valence electrons. The zero-order chi connectivity index (χ0) is 6.53. The van der Waals surface area contributed by atoms with Crippen molar-refractivity contribution in [1.29, 1.82) is 0 Å². The first-order chi connectivity index (χ1) is 4.43. The first-order valence-corrected chi connectivity index (χ1v) is 6.15. The molecule has 0 aromatic carbocycles. The highest BCUT2D eigenvalue weighted by molar-refractivity contribution is 8.05. The Bertz CT molecular complexity index is 73.4. The van der Waals surface area contributed by atoms with Crippen LogP contribution in [-0.4, -0.2) is 40.5 Å². The summed E-state index contributed by atoms with van der Waals surface area (Å²) < 4.78 is 0. The summed E-state index contributed by atoms with van der Waals surface area (Å²) in [5.41, 5.74) is 0. The second-order valence-electron chi connectivity index (χ2n) is 2.06. The molecule has 1 fully saturated rings. The van der Waals surface area contributed by atoms with Crippen LogP contribution in [0, 0.1) is 0 Å². The molecular formula is C6H13ClOS2. The molecule has 0 unspecified atom stereocenters. The SMILES string of the molecule is OCC[S+]1CCSCC1.[Cl-]. The lowest BCUT2D eigenvalue weighted by Crippen LogP contribution is -3.00. The second-order valence-corrected chi connectivity index (χ2v) is 5.73. The monoisotopic (exact) mass is 200 g/mol. The summed E-state index contributed by atoms with van der Waals surface area (Å²) in [6.07, 6.45) is 0. The number of aliphatic hydroxyl groups excluding tert-OH is 1. The Morgan fingerprint density at radius 2 is 1.90 bits per heavy atom. The van der Waals surface area contributed by atoms with E-state index >= 15 is 0 Å². The van der Waals surface area contributed by atoms with Crippen molar-refractivity contribution in [3.05, 3.63) is 0 Å². The third-order valence-electron chi connectivity index (χ3n) is 1.41. The van der Waals surface area contributed by atoms with E-state index in [9.17, 15) is 0 Å². The van der Waals surface area contributed by atoms with Crippen LogP contribution in [0.2, 0.25) is 0 Å². The standard InChI is InChI=1S/C6H13OS2.ClH/c7-1-4-9-5-2-8-3-6-9;/h7H,1-6H2;1H/q+1;/p-1. The highest BCUT2D eigenvalue weighted by atomic mass is 35.5. The van der Waals surface area contributed by atoms with Gasteiger partial charge in [-0.05, 0) is 10.9 Å². The molecule has 0 amide bonds. The Balaban J connectivity index is 0.000000810. The van der Waals surface area contributed by atoms with Crippen molar-refractivity contribution >= 4 is 22.7 Å². The van der Waals surface area contributed by atoms with E-state index in [4.69, 9.17) is 5.11 Å². The average Bonchev–Trinajstić information content (AvgIpc) is 1.91. The molecule has 0 aromatic rings. The van der Waals surface area contributed by atoms with E-state index in [-0.39, 0.29) is 12.4 Å². The molecule has 1 nitrogen and oxygen atoms in total. The Morgan fingerprint density at radius 3 is 2.40 bits per heavy atom. The van der Waals surface area contributed by atoms with Crippen molar-refractivity contribution in [2.24, 2.45) is 0 Å². The van der Waals surface area contributed by atoms with Crippen molar-refractivity contribution in [3.8, 4) is 0 Å². The van der Waals surface area contributed by atoms with E-state index in [2.05, 4.69) is 0 Å². The fourth-order valence-corrected chi connectivity index (χ4v) is 4.79. The molecule has 10 heavy (non-hydrogen) atoms. The van der Waals surface area contributed by atoms with Crippen LogP contribution in [0.1, 0.15) is 0 Å². The van der Waals surface area contributed by atoms with Gasteiger partial charge in [0.1, 0.15) is 17.3 Å². The van der Waals surface area contributed by atoms with Gasteiger partial charge in [0.15, 0.2) is 0 Å². The Kier molecular flexibility index (Phi) is 7.28. The normalized spacial score (nSPS) is 20.1. The quantitative estimate of drug-likeness (QED) is 0.492. The van der Waals surface area contributed by atoms with Gasteiger partial charge in [0, 0.05) is 11.5 Å². The molecular weight excluding hydrogens is 188 g/mol. The van der Waals surface area contributed by atoms with Gasteiger partial charge < -0.3 is 17.5 Å². The maximum Gasteiger partial charge on any atom is 0.131 e. The van der Waals surface area contributed by atoms with Crippen LogP contribution in [0.15, 0.2) is 0 Å². The summed E-state index contributed by atoms with van der Waals surface area (Å²) >= 11 is 2.05. The predicted molar refractivity (Wildman–Crippen MR) is 46.4 cm³/mol. The first kappa shape index (κ1) is 11.0. The van der Waals surface area contributed by atoms with Crippen LogP contribution in [0.4, 0.5) is 0 Å². The highest BCUT2D eigenvalue weighted by Crippen LogP contribution is 2.12. The minimum absolute atomic E-state index is 0. The molecule has 0 aliphatic carbocycles. The lowest BCUT2D eigenvalue weighted by Gasteiger charge is -2.11. The van der Waals surface area contributed by atoms with Gasteiger partial charge in [-0.15, -0.1) is 0 Å². The topological polar surface area (TPSA) is 20.2 Å². The molecule has 4 heteroatoms. The lowest BCUT2D eigenvalue weighted by atomic mass is 10.9. The van der Waals surface area contributed by atoms with Crippen LogP contribution in [-0.2, 0) is 10.9 Å². The summed E-state index contributed by atoms with van der Waals surface area (Å²) in [7, 11) is 0.584. The highest BCUT2D eigenvalue weighted by Gasteiger charge is 2.20. The van der Waals surface area contributed by atoms with Gasteiger partial charge >= 0.3 is 0 Å². The van der Waals surface area contributed by atoms with Crippen molar-refractivity contribution in [1.82, 2.24) is 0 Å². The minimum atomic E-state index is 0. The molecule has 1 rings (SSSR count). The minimum Gasteiger partial charge on any atom is -1.00 e. The van der Waals surface area contributed by atoms with E-state index in [0.29, 0.717) is 17.5 Å². The van der Waals surface area contributed by atoms with Gasteiger partial charge in [-0.2, -0.15) is 11.8 Å². The van der Waals surface area contributed by atoms with E-state index in [1.54, 1.807) is 0 Å². The molecule has 1 aliphatic heterocycles. The predicted octanol–water partition coefficient (Wildman–Crippen LogP) is -2.65. The van der Waals surface area contributed by atoms with Gasteiger partial charge in [0.2, 0.25) is 0 Å². The number of aliphatic hydroxyl groups is 1. The molecule has 0 aromatic heterocycles. The third kappa shape index (κ3) is 3.96. The van der Waals surface area contributed by atoms with E-state index in [1.165, 1.54) is 23.0 Å². The fraction of sp³-hybridized carbons (Fsp3) is 1.00. The molecule has 0 radical (unpaired) electrons. The zero-order valence-corrected chi connectivity index (χ0v) is 8.27. The van der Waals surface area contributed by atoms with E-state index in [0.717, 1.165) is 5.75 Å². The summed E-state index contributed by atoms with van der Waals surface area (Å²) in [6, 6.07) is 0. The molecule has 1 heterocycles. The summed E-state index contributed by atoms with van der Waals surface area (Å²) in [4.78, 5) is 0. The number of hydrogen-bond donors (Lipinski definition) is 1. The zero-order valence-electron chi connectivity index (χ0n) is 5.88. The van der Waals surface area contributed by atoms with Crippen LogP contribution >= 0.6 is 11.8 Å². The third-order valence-corrected chi connectivity index (χ3v) is 5.24. The summed E-state index contributed by atoms with van der Waals surface area (Å²) in [5, 5.41) is 8.62. The molecule has 0 bridgehead atoms. The van der Waals surface area contributed by atoms with Crippen LogP contribution < -0.4 is 12.4 Å². The van der Waals surface area contributed by atoms with Gasteiger partial charge in [-0.25, -0.2) is 0 Å². The maximum absolute atomic E-state index is 8.62. The van der Waals surface area contributed by atoms with Crippen molar-refractivity contribution < 1.29 is 17.5 Å². The fourth-order valence-electron chi connectivity index (χ4n) is 0.891. The van der Waals surface area contributed by atoms with Crippen molar-refractivity contribution in [2.45, 2.75) is 0 Å². The second kappa shape index (κ2) is 6.65. The van der Waals surface area contributed by atoms with Gasteiger partial charge in [-0.3, -0.25) is 0 Å². The Labute approximate surface area is 75.7 Å². The summed E-state index contributed by atoms with van der Waals surface area (Å²) in [5.74, 6) is 6.41. The molecule has 1 saturated heterocycles. The Morgan fingerprint density at radius 1 is 1.30 bits per heavy atom. The molecule has 0 atom stereocenters. The average molecular weight is 201 g/mol. The van der Waals surface area contributed by atoms with Crippen LogP contribution in [0.25, 0.3) is 0 Å². The van der Waals surface area contributed by atoms with Gasteiger partial charge in [0.25, 0.3) is 0 Å². The maximum atomic E-state index is 8.62. The van der Waals surface area contributed by atoms with Crippen molar-refractivity contribution in [3.63, 3.8) is 0 Å². The largest absolute Gasteiger partial charge is 1.00 e. The summed E-state index contributed by atoms with van der Waals surface area (Å²) in [6.45, 7) is 0.397. The number of thioether (sulfide) groups is 1. The van der Waals surface area contributed by atoms with Gasteiger partial charge in [-0.1, -0.05) is 0 Å². The van der Waals surface area contributed by atoms with Gasteiger partial charge in [0.05, 0.1) is 6.61 Å². The molecule has 1 N–H and O–H groups in total. The van der Waals surface area contributed by atoms with Crippen LogP contribution in [0.5, 0.6) is 0 Å². The molecule has 0 saturated carbocycles. The van der Waals surface area contributed by atoms with E-state index < -0.39 is 0 Å². The smallest absolute Gasteiger partial charge is 0.131 e.